The van der Waals surface area contributed by atoms with Crippen molar-refractivity contribution in [2.24, 2.45) is 0 Å². The molecule has 3 rings (SSSR count). The van der Waals surface area contributed by atoms with Crippen LogP contribution in [0, 0.1) is 0 Å². The first-order chi connectivity index (χ1) is 8.79. The van der Waals surface area contributed by atoms with E-state index in [1.54, 1.807) is 17.0 Å². The zero-order valence-electron chi connectivity index (χ0n) is 9.96. The number of aromatic nitrogens is 4. The monoisotopic (exact) mass is 260 g/mol. The summed E-state index contributed by atoms with van der Waals surface area (Å²) in [6.07, 6.45) is 7.18. The lowest BCUT2D eigenvalue weighted by Gasteiger charge is -2.02. The van der Waals surface area contributed by atoms with Crippen molar-refractivity contribution in [3.8, 4) is 0 Å². The standard InChI is InChI=1S/C12H12N4OS/c1-2-3-6-16-7-8-9(15-12(16)17)10-11(18-8)14-5-4-13-10/h4-5,7H,2-3,6H2,1H3. The van der Waals surface area contributed by atoms with E-state index in [1.165, 1.54) is 11.3 Å². The molecule has 0 aliphatic carbocycles. The molecule has 0 bridgehead atoms. The number of hydrogen-bond donors (Lipinski definition) is 0. The fourth-order valence-electron chi connectivity index (χ4n) is 1.87. The summed E-state index contributed by atoms with van der Waals surface area (Å²) in [5.41, 5.74) is 1.18. The van der Waals surface area contributed by atoms with Gasteiger partial charge in [-0.15, -0.1) is 11.3 Å². The largest absolute Gasteiger partial charge is 0.348 e. The van der Waals surface area contributed by atoms with Crippen LogP contribution in [-0.4, -0.2) is 19.5 Å². The molecule has 0 aliphatic heterocycles. The molecule has 0 saturated heterocycles. The lowest BCUT2D eigenvalue weighted by Crippen LogP contribution is -2.21. The van der Waals surface area contributed by atoms with Crippen LogP contribution in [0.4, 0.5) is 0 Å². The summed E-state index contributed by atoms with van der Waals surface area (Å²) in [6.45, 7) is 2.82. The van der Waals surface area contributed by atoms with Gasteiger partial charge in [0, 0.05) is 25.1 Å². The first kappa shape index (κ1) is 11.3. The Labute approximate surface area is 107 Å². The minimum Gasteiger partial charge on any atom is -0.298 e. The van der Waals surface area contributed by atoms with Gasteiger partial charge in [-0.05, 0) is 6.42 Å². The molecule has 3 heterocycles. The predicted octanol–water partition coefficient (Wildman–Crippen LogP) is 2.20. The number of nitrogens with zero attached hydrogens (tertiary/aromatic N) is 4. The van der Waals surface area contributed by atoms with Crippen LogP contribution in [0.25, 0.3) is 20.6 Å². The van der Waals surface area contributed by atoms with Crippen LogP contribution < -0.4 is 5.69 Å². The molecule has 3 aromatic heterocycles. The quantitative estimate of drug-likeness (QED) is 0.724. The maximum absolute atomic E-state index is 11.9. The van der Waals surface area contributed by atoms with Crippen molar-refractivity contribution in [2.45, 2.75) is 26.3 Å². The molecule has 3 aromatic rings. The summed E-state index contributed by atoms with van der Waals surface area (Å²) >= 11 is 1.52. The summed E-state index contributed by atoms with van der Waals surface area (Å²) in [6, 6.07) is 0. The molecule has 0 atom stereocenters. The van der Waals surface area contributed by atoms with E-state index in [0.717, 1.165) is 27.9 Å². The summed E-state index contributed by atoms with van der Waals surface area (Å²) in [7, 11) is 0. The number of unbranched alkanes of at least 4 members (excludes halogenated alkanes) is 1. The van der Waals surface area contributed by atoms with Gasteiger partial charge in [-0.2, -0.15) is 4.98 Å². The van der Waals surface area contributed by atoms with E-state index in [9.17, 15) is 4.79 Å². The molecule has 5 nitrogen and oxygen atoms in total. The van der Waals surface area contributed by atoms with E-state index in [1.807, 2.05) is 6.20 Å². The molecule has 0 spiro atoms. The molecule has 0 unspecified atom stereocenters. The van der Waals surface area contributed by atoms with Gasteiger partial charge in [0.05, 0.1) is 4.70 Å². The number of hydrogen-bond acceptors (Lipinski definition) is 5. The molecule has 18 heavy (non-hydrogen) atoms. The van der Waals surface area contributed by atoms with E-state index < -0.39 is 0 Å². The van der Waals surface area contributed by atoms with Crippen LogP contribution in [0.3, 0.4) is 0 Å². The molecule has 0 radical (unpaired) electrons. The second kappa shape index (κ2) is 4.45. The van der Waals surface area contributed by atoms with Crippen LogP contribution in [0.1, 0.15) is 19.8 Å². The van der Waals surface area contributed by atoms with Crippen molar-refractivity contribution in [2.75, 3.05) is 0 Å². The SMILES string of the molecule is CCCCn1cc2sc3nccnc3c2nc1=O. The van der Waals surface area contributed by atoms with Crippen molar-refractivity contribution in [1.29, 1.82) is 0 Å². The van der Waals surface area contributed by atoms with Gasteiger partial charge >= 0.3 is 5.69 Å². The number of fused-ring (bicyclic) bond motifs is 3. The maximum Gasteiger partial charge on any atom is 0.348 e. The highest BCUT2D eigenvalue weighted by atomic mass is 32.1. The van der Waals surface area contributed by atoms with E-state index >= 15 is 0 Å². The Bertz CT molecular complexity index is 761. The van der Waals surface area contributed by atoms with Crippen LogP contribution in [-0.2, 0) is 6.54 Å². The normalized spacial score (nSPS) is 11.4. The van der Waals surface area contributed by atoms with Gasteiger partial charge in [-0.3, -0.25) is 4.57 Å². The van der Waals surface area contributed by atoms with Crippen molar-refractivity contribution < 1.29 is 0 Å². The Morgan fingerprint density at radius 1 is 1.28 bits per heavy atom. The summed E-state index contributed by atoms with van der Waals surface area (Å²) in [4.78, 5) is 25.3. The first-order valence-corrected chi connectivity index (χ1v) is 6.72. The third-order valence-corrected chi connectivity index (χ3v) is 3.82. The lowest BCUT2D eigenvalue weighted by atomic mass is 10.3. The van der Waals surface area contributed by atoms with E-state index in [4.69, 9.17) is 0 Å². The Morgan fingerprint density at radius 3 is 2.94 bits per heavy atom. The Hall–Kier alpha value is -1.82. The summed E-state index contributed by atoms with van der Waals surface area (Å²) in [5, 5.41) is 0. The Balaban J connectivity index is 2.23. The molecule has 0 fully saturated rings. The molecule has 6 heteroatoms. The van der Waals surface area contributed by atoms with Crippen molar-refractivity contribution in [3.63, 3.8) is 0 Å². The van der Waals surface area contributed by atoms with E-state index in [-0.39, 0.29) is 5.69 Å². The Kier molecular flexibility index (Phi) is 2.79. The molecule has 92 valence electrons. The second-order valence-corrected chi connectivity index (χ2v) is 5.13. The van der Waals surface area contributed by atoms with Gasteiger partial charge in [0.1, 0.15) is 15.9 Å². The molecule has 0 N–H and O–H groups in total. The maximum atomic E-state index is 11.9. The molecule has 0 amide bonds. The average Bonchev–Trinajstić information content (AvgIpc) is 2.74. The van der Waals surface area contributed by atoms with Crippen LogP contribution >= 0.6 is 11.3 Å². The fraction of sp³-hybridized carbons (Fsp3) is 0.333. The zero-order valence-corrected chi connectivity index (χ0v) is 10.8. The fourth-order valence-corrected chi connectivity index (χ4v) is 2.86. The lowest BCUT2D eigenvalue weighted by molar-refractivity contribution is 0.605. The van der Waals surface area contributed by atoms with Crippen molar-refractivity contribution in [3.05, 3.63) is 29.1 Å². The topological polar surface area (TPSA) is 60.7 Å². The Morgan fingerprint density at radius 2 is 2.11 bits per heavy atom. The third kappa shape index (κ3) is 1.78. The predicted molar refractivity (Wildman–Crippen MR) is 71.9 cm³/mol. The van der Waals surface area contributed by atoms with Crippen molar-refractivity contribution >= 4 is 31.9 Å². The molecular weight excluding hydrogens is 248 g/mol. The summed E-state index contributed by atoms with van der Waals surface area (Å²) in [5.74, 6) is 0. The third-order valence-electron chi connectivity index (χ3n) is 2.81. The van der Waals surface area contributed by atoms with Gasteiger partial charge in [-0.25, -0.2) is 14.8 Å². The molecular formula is C12H12N4OS. The van der Waals surface area contributed by atoms with Gasteiger partial charge in [-0.1, -0.05) is 13.3 Å². The first-order valence-electron chi connectivity index (χ1n) is 5.90. The zero-order chi connectivity index (χ0) is 12.5. The van der Waals surface area contributed by atoms with Crippen molar-refractivity contribution in [1.82, 2.24) is 19.5 Å². The highest BCUT2D eigenvalue weighted by molar-refractivity contribution is 7.25. The molecule has 0 saturated carbocycles. The van der Waals surface area contributed by atoms with Crippen LogP contribution in [0.5, 0.6) is 0 Å². The van der Waals surface area contributed by atoms with Gasteiger partial charge in [0.25, 0.3) is 0 Å². The number of aryl methyl sites for hydroxylation is 1. The smallest absolute Gasteiger partial charge is 0.298 e. The van der Waals surface area contributed by atoms with Gasteiger partial charge < -0.3 is 0 Å². The van der Waals surface area contributed by atoms with Crippen LogP contribution in [0.15, 0.2) is 23.4 Å². The molecule has 0 aliphatic rings. The minimum atomic E-state index is -0.207. The highest BCUT2D eigenvalue weighted by Crippen LogP contribution is 2.27. The number of rotatable bonds is 3. The minimum absolute atomic E-state index is 0.207. The van der Waals surface area contributed by atoms with Crippen LogP contribution in [0.2, 0.25) is 0 Å². The average molecular weight is 260 g/mol. The second-order valence-electron chi connectivity index (χ2n) is 4.10. The van der Waals surface area contributed by atoms with E-state index in [0.29, 0.717) is 12.1 Å². The van der Waals surface area contributed by atoms with Gasteiger partial charge in [0.15, 0.2) is 0 Å². The number of thiophene rings is 1. The van der Waals surface area contributed by atoms with E-state index in [2.05, 4.69) is 21.9 Å². The summed E-state index contributed by atoms with van der Waals surface area (Å²) < 4.78 is 2.63. The highest BCUT2D eigenvalue weighted by Gasteiger charge is 2.10. The van der Waals surface area contributed by atoms with Gasteiger partial charge in [0.2, 0.25) is 0 Å². The molecule has 0 aromatic carbocycles.